The Morgan fingerprint density at radius 3 is 1.57 bits per heavy atom. The molecule has 37 heavy (non-hydrogen) atoms. The van der Waals surface area contributed by atoms with Crippen LogP contribution >= 0.6 is 0 Å². The van der Waals surface area contributed by atoms with E-state index in [-0.39, 0.29) is 36.7 Å². The quantitative estimate of drug-likeness (QED) is 0.0897. The van der Waals surface area contributed by atoms with Gasteiger partial charge in [-0.25, -0.2) is 0 Å². The van der Waals surface area contributed by atoms with E-state index in [0.29, 0.717) is 6.42 Å². The van der Waals surface area contributed by atoms with Crippen LogP contribution in [-0.2, 0) is 19.1 Å². The molecule has 220 valence electrons. The molecule has 7 nitrogen and oxygen atoms in total. The molecule has 0 aromatic rings. The van der Waals surface area contributed by atoms with Crippen molar-refractivity contribution < 1.29 is 33.8 Å². The molecule has 0 aromatic carbocycles. The molecular formula is C30H59NO6. The van der Waals surface area contributed by atoms with Crippen LogP contribution in [0.15, 0.2) is 0 Å². The standard InChI is InChI=1S/C30H59NO6/c1-5-6-7-8-9-10-11-12-13-14-15-16-17-18-19-20-21-22-29(33)37-26-27(32)25-36-24-23-28(30(34)35)31(2,3)4/h27-28,32H,5-26H2,1-4H3. The fourth-order valence-electron chi connectivity index (χ4n) is 4.54. The third-order valence-corrected chi connectivity index (χ3v) is 6.97. The van der Waals surface area contributed by atoms with Crippen LogP contribution in [0, 0.1) is 0 Å². The molecule has 0 heterocycles. The molecule has 1 N–H and O–H groups in total. The average molecular weight is 530 g/mol. The number of carbonyl (C=O) groups is 2. The highest BCUT2D eigenvalue weighted by Gasteiger charge is 2.24. The van der Waals surface area contributed by atoms with Crippen molar-refractivity contribution in [3.63, 3.8) is 0 Å². The minimum Gasteiger partial charge on any atom is -0.544 e. The first-order valence-corrected chi connectivity index (χ1v) is 15.1. The molecule has 0 spiro atoms. The van der Waals surface area contributed by atoms with Gasteiger partial charge in [0, 0.05) is 12.8 Å². The summed E-state index contributed by atoms with van der Waals surface area (Å²) in [5.74, 6) is -1.41. The van der Waals surface area contributed by atoms with Crippen molar-refractivity contribution in [3.05, 3.63) is 0 Å². The summed E-state index contributed by atoms with van der Waals surface area (Å²) < 4.78 is 10.7. The maximum absolute atomic E-state index is 11.9. The Morgan fingerprint density at radius 1 is 0.730 bits per heavy atom. The molecule has 0 rings (SSSR count). The third kappa shape index (κ3) is 23.7. The van der Waals surface area contributed by atoms with E-state index in [9.17, 15) is 19.8 Å². The SMILES string of the molecule is CCCCCCCCCCCCCCCCCCCC(=O)OCC(O)COCCC(C(=O)[O-])[N+](C)(C)C. The van der Waals surface area contributed by atoms with Gasteiger partial charge in [0.2, 0.25) is 0 Å². The fourth-order valence-corrected chi connectivity index (χ4v) is 4.54. The van der Waals surface area contributed by atoms with Gasteiger partial charge in [-0.2, -0.15) is 0 Å². The first-order valence-electron chi connectivity index (χ1n) is 15.1. The van der Waals surface area contributed by atoms with Crippen LogP contribution in [0.4, 0.5) is 0 Å². The van der Waals surface area contributed by atoms with Gasteiger partial charge in [-0.15, -0.1) is 0 Å². The number of ether oxygens (including phenoxy) is 2. The number of aliphatic hydroxyl groups excluding tert-OH is 1. The zero-order chi connectivity index (χ0) is 27.8. The van der Waals surface area contributed by atoms with Gasteiger partial charge >= 0.3 is 5.97 Å². The van der Waals surface area contributed by atoms with Crippen molar-refractivity contribution >= 4 is 11.9 Å². The molecule has 0 amide bonds. The van der Waals surface area contributed by atoms with Crippen molar-refractivity contribution in [2.24, 2.45) is 0 Å². The summed E-state index contributed by atoms with van der Waals surface area (Å²) in [6, 6.07) is -0.681. The lowest BCUT2D eigenvalue weighted by atomic mass is 10.0. The lowest BCUT2D eigenvalue weighted by Crippen LogP contribution is -2.55. The highest BCUT2D eigenvalue weighted by molar-refractivity contribution is 5.69. The topological polar surface area (TPSA) is 95.9 Å². The molecule has 0 aromatic heterocycles. The second-order valence-electron chi connectivity index (χ2n) is 11.6. The summed E-state index contributed by atoms with van der Waals surface area (Å²) in [5, 5.41) is 21.1. The Hall–Kier alpha value is -1.18. The number of hydrogen-bond acceptors (Lipinski definition) is 6. The molecule has 0 aliphatic heterocycles. The summed E-state index contributed by atoms with van der Waals surface area (Å²) in [7, 11) is 5.36. The minimum atomic E-state index is -1.12. The molecule has 0 bridgehead atoms. The fraction of sp³-hybridized carbons (Fsp3) is 0.933. The van der Waals surface area contributed by atoms with Gasteiger partial charge in [0.25, 0.3) is 0 Å². The number of carboxylic acids is 1. The van der Waals surface area contributed by atoms with Crippen molar-refractivity contribution in [2.75, 3.05) is 41.0 Å². The maximum Gasteiger partial charge on any atom is 0.305 e. The normalized spacial score (nSPS) is 13.4. The Balaban J connectivity index is 3.46. The molecule has 0 radical (unpaired) electrons. The number of aliphatic carboxylic acids is 1. The number of hydrogen-bond donors (Lipinski definition) is 1. The van der Waals surface area contributed by atoms with E-state index in [0.717, 1.165) is 19.3 Å². The Kier molecular flexibility index (Phi) is 23.1. The van der Waals surface area contributed by atoms with E-state index in [1.54, 1.807) is 21.1 Å². The van der Waals surface area contributed by atoms with Crippen LogP contribution in [0.1, 0.15) is 129 Å². The number of esters is 1. The zero-order valence-corrected chi connectivity index (χ0v) is 24.6. The van der Waals surface area contributed by atoms with Gasteiger partial charge < -0.3 is 29.0 Å². The first kappa shape index (κ1) is 35.8. The Morgan fingerprint density at radius 2 is 1.16 bits per heavy atom. The summed E-state index contributed by atoms with van der Waals surface area (Å²) in [6.07, 6.45) is 21.9. The molecule has 0 saturated carbocycles. The van der Waals surface area contributed by atoms with Gasteiger partial charge in [-0.05, 0) is 6.42 Å². The highest BCUT2D eigenvalue weighted by Crippen LogP contribution is 2.14. The largest absolute Gasteiger partial charge is 0.544 e. The van der Waals surface area contributed by atoms with Crippen LogP contribution in [-0.4, -0.2) is 74.6 Å². The van der Waals surface area contributed by atoms with Gasteiger partial charge in [-0.3, -0.25) is 4.79 Å². The third-order valence-electron chi connectivity index (χ3n) is 6.97. The monoisotopic (exact) mass is 529 g/mol. The predicted octanol–water partition coefficient (Wildman–Crippen LogP) is 5.16. The van der Waals surface area contributed by atoms with E-state index in [4.69, 9.17) is 9.47 Å². The number of carboxylic acid groups (broad SMARTS) is 1. The van der Waals surface area contributed by atoms with E-state index in [2.05, 4.69) is 6.92 Å². The van der Waals surface area contributed by atoms with E-state index >= 15 is 0 Å². The molecule has 0 fully saturated rings. The Bertz CT molecular complexity index is 549. The molecule has 0 saturated heterocycles. The molecule has 2 atom stereocenters. The summed E-state index contributed by atoms with van der Waals surface area (Å²) in [6.45, 7) is 2.36. The summed E-state index contributed by atoms with van der Waals surface area (Å²) in [4.78, 5) is 23.1. The van der Waals surface area contributed by atoms with Gasteiger partial charge in [0.05, 0.1) is 40.3 Å². The second kappa shape index (κ2) is 23.9. The minimum absolute atomic E-state index is 0.00329. The van der Waals surface area contributed by atoms with Crippen LogP contribution in [0.3, 0.4) is 0 Å². The number of carbonyl (C=O) groups excluding carboxylic acids is 2. The van der Waals surface area contributed by atoms with Crippen LogP contribution in [0.2, 0.25) is 0 Å². The van der Waals surface area contributed by atoms with Gasteiger partial charge in [-0.1, -0.05) is 110 Å². The molecular weight excluding hydrogens is 470 g/mol. The summed E-state index contributed by atoms with van der Waals surface area (Å²) in [5.41, 5.74) is 0. The molecule has 0 aliphatic carbocycles. The number of rotatable bonds is 27. The van der Waals surface area contributed by atoms with Crippen LogP contribution in [0.5, 0.6) is 0 Å². The van der Waals surface area contributed by atoms with E-state index in [1.165, 1.54) is 89.9 Å². The van der Waals surface area contributed by atoms with Crippen molar-refractivity contribution in [1.82, 2.24) is 0 Å². The lowest BCUT2D eigenvalue weighted by molar-refractivity contribution is -0.889. The number of aliphatic hydroxyl groups is 1. The van der Waals surface area contributed by atoms with Crippen LogP contribution in [0.25, 0.3) is 0 Å². The molecule has 2 unspecified atom stereocenters. The number of quaternary nitrogens is 1. The van der Waals surface area contributed by atoms with Crippen molar-refractivity contribution in [1.29, 1.82) is 0 Å². The van der Waals surface area contributed by atoms with E-state index in [1.807, 2.05) is 0 Å². The highest BCUT2D eigenvalue weighted by atomic mass is 16.5. The van der Waals surface area contributed by atoms with Crippen molar-refractivity contribution in [2.45, 2.75) is 141 Å². The van der Waals surface area contributed by atoms with Crippen molar-refractivity contribution in [3.8, 4) is 0 Å². The summed E-state index contributed by atoms with van der Waals surface area (Å²) >= 11 is 0. The predicted molar refractivity (Wildman–Crippen MR) is 148 cm³/mol. The van der Waals surface area contributed by atoms with Crippen LogP contribution < -0.4 is 5.11 Å². The Labute approximate surface area is 227 Å². The first-order chi connectivity index (χ1) is 17.7. The average Bonchev–Trinajstić information content (AvgIpc) is 2.83. The van der Waals surface area contributed by atoms with Gasteiger partial charge in [0.1, 0.15) is 18.8 Å². The van der Waals surface area contributed by atoms with Gasteiger partial charge in [0.15, 0.2) is 0 Å². The molecule has 0 aliphatic rings. The smallest absolute Gasteiger partial charge is 0.305 e. The number of likely N-dealkylation sites (N-methyl/N-ethyl adjacent to an activating group) is 1. The molecule has 7 heteroatoms. The zero-order valence-electron chi connectivity index (χ0n) is 24.6. The maximum atomic E-state index is 11.9. The lowest BCUT2D eigenvalue weighted by Gasteiger charge is -2.34. The van der Waals surface area contributed by atoms with E-state index < -0.39 is 18.1 Å². The number of nitrogens with zero attached hydrogens (tertiary/aromatic N) is 1. The number of unbranched alkanes of at least 4 members (excludes halogenated alkanes) is 16. The second-order valence-corrected chi connectivity index (χ2v) is 11.6.